The molecule has 2 N–H and O–H groups in total. The third-order valence-electron chi connectivity index (χ3n) is 4.06. The normalized spacial score (nSPS) is 16.2. The number of aryl methyl sites for hydroxylation is 1. The quantitative estimate of drug-likeness (QED) is 0.730. The molecule has 1 unspecified atom stereocenters. The van der Waals surface area contributed by atoms with Crippen molar-refractivity contribution in [1.82, 2.24) is 15.8 Å². The van der Waals surface area contributed by atoms with Crippen molar-refractivity contribution in [3.05, 3.63) is 64.7 Å². The van der Waals surface area contributed by atoms with E-state index in [0.717, 1.165) is 0 Å². The standard InChI is InChI=1S/C19H19N3O6/c1-3-26-17(23)14-13(10-27-18(24)16-11(2)9-20-28-16)21-19(25)22-15(14)12-7-5-4-6-8-12/h4-9,15H,3,10H2,1-2H3,(H2,21,22,25). The lowest BCUT2D eigenvalue weighted by Crippen LogP contribution is -2.47. The summed E-state index contributed by atoms with van der Waals surface area (Å²) in [6.07, 6.45) is 1.39. The molecule has 0 spiro atoms. The molecular weight excluding hydrogens is 366 g/mol. The van der Waals surface area contributed by atoms with Gasteiger partial charge in [0, 0.05) is 5.56 Å². The second kappa shape index (κ2) is 8.38. The van der Waals surface area contributed by atoms with Crippen LogP contribution in [-0.4, -0.2) is 36.3 Å². The van der Waals surface area contributed by atoms with Crippen LogP contribution in [-0.2, 0) is 14.3 Å². The Morgan fingerprint density at radius 3 is 2.57 bits per heavy atom. The first-order valence-corrected chi connectivity index (χ1v) is 8.62. The molecule has 2 heterocycles. The number of nitrogens with one attached hydrogen (secondary N) is 2. The van der Waals surface area contributed by atoms with Gasteiger partial charge in [0.25, 0.3) is 0 Å². The molecule has 1 aliphatic heterocycles. The van der Waals surface area contributed by atoms with Crippen molar-refractivity contribution in [3.8, 4) is 0 Å². The van der Waals surface area contributed by atoms with Crippen LogP contribution in [0.15, 0.2) is 52.3 Å². The molecule has 0 bridgehead atoms. The summed E-state index contributed by atoms with van der Waals surface area (Å²) < 4.78 is 15.2. The highest BCUT2D eigenvalue weighted by atomic mass is 16.6. The van der Waals surface area contributed by atoms with Gasteiger partial charge in [0.1, 0.15) is 6.61 Å². The summed E-state index contributed by atoms with van der Waals surface area (Å²) in [5, 5.41) is 8.75. The summed E-state index contributed by atoms with van der Waals surface area (Å²) in [4.78, 5) is 36.9. The molecule has 0 fully saturated rings. The minimum Gasteiger partial charge on any atom is -0.463 e. The van der Waals surface area contributed by atoms with Gasteiger partial charge in [0.2, 0.25) is 5.76 Å². The number of rotatable bonds is 6. The van der Waals surface area contributed by atoms with Crippen LogP contribution in [0.2, 0.25) is 0 Å². The first-order valence-electron chi connectivity index (χ1n) is 8.62. The van der Waals surface area contributed by atoms with E-state index in [1.165, 1.54) is 6.20 Å². The Morgan fingerprint density at radius 1 is 1.18 bits per heavy atom. The van der Waals surface area contributed by atoms with Gasteiger partial charge in [-0.05, 0) is 19.4 Å². The Labute approximate surface area is 160 Å². The molecule has 3 rings (SSSR count). The van der Waals surface area contributed by atoms with E-state index in [9.17, 15) is 14.4 Å². The second-order valence-corrected chi connectivity index (χ2v) is 5.97. The fraction of sp³-hybridized carbons (Fsp3) is 0.263. The highest BCUT2D eigenvalue weighted by molar-refractivity contribution is 5.95. The van der Waals surface area contributed by atoms with E-state index in [-0.39, 0.29) is 30.2 Å². The predicted molar refractivity (Wildman–Crippen MR) is 96.0 cm³/mol. The predicted octanol–water partition coefficient (Wildman–Crippen LogP) is 2.01. The minimum absolute atomic E-state index is 0.0434. The van der Waals surface area contributed by atoms with Gasteiger partial charge in [-0.15, -0.1) is 0 Å². The van der Waals surface area contributed by atoms with E-state index >= 15 is 0 Å². The number of esters is 2. The number of urea groups is 1. The van der Waals surface area contributed by atoms with Crippen molar-refractivity contribution in [1.29, 1.82) is 0 Å². The number of carbonyl (C=O) groups is 3. The first kappa shape index (κ1) is 19.2. The number of nitrogens with zero attached hydrogens (tertiary/aromatic N) is 1. The molecule has 0 saturated carbocycles. The Balaban J connectivity index is 1.92. The van der Waals surface area contributed by atoms with E-state index in [4.69, 9.17) is 14.0 Å². The van der Waals surface area contributed by atoms with Gasteiger partial charge < -0.3 is 24.6 Å². The van der Waals surface area contributed by atoms with E-state index in [0.29, 0.717) is 11.1 Å². The summed E-state index contributed by atoms with van der Waals surface area (Å²) in [7, 11) is 0. The fourth-order valence-corrected chi connectivity index (χ4v) is 2.77. The van der Waals surface area contributed by atoms with E-state index in [1.54, 1.807) is 38.1 Å². The third-order valence-corrected chi connectivity index (χ3v) is 4.06. The average Bonchev–Trinajstić information content (AvgIpc) is 3.12. The number of amides is 2. The zero-order valence-corrected chi connectivity index (χ0v) is 15.4. The van der Waals surface area contributed by atoms with Crippen LogP contribution in [0.3, 0.4) is 0 Å². The molecule has 2 aromatic rings. The monoisotopic (exact) mass is 385 g/mol. The number of hydrogen-bond donors (Lipinski definition) is 2. The highest BCUT2D eigenvalue weighted by Crippen LogP contribution is 2.28. The topological polar surface area (TPSA) is 120 Å². The molecule has 28 heavy (non-hydrogen) atoms. The largest absolute Gasteiger partial charge is 0.463 e. The Hall–Kier alpha value is -3.62. The summed E-state index contributed by atoms with van der Waals surface area (Å²) in [6.45, 7) is 3.14. The van der Waals surface area contributed by atoms with E-state index < -0.39 is 24.0 Å². The number of ether oxygens (including phenoxy) is 2. The molecular formula is C19H19N3O6. The van der Waals surface area contributed by atoms with Gasteiger partial charge in [-0.2, -0.15) is 0 Å². The Morgan fingerprint density at radius 2 is 1.93 bits per heavy atom. The van der Waals surface area contributed by atoms with Crippen molar-refractivity contribution in [3.63, 3.8) is 0 Å². The van der Waals surface area contributed by atoms with Crippen LogP contribution in [0, 0.1) is 6.92 Å². The van der Waals surface area contributed by atoms with Gasteiger partial charge in [-0.3, -0.25) is 0 Å². The number of aromatic nitrogens is 1. The number of benzene rings is 1. The zero-order valence-electron chi connectivity index (χ0n) is 15.4. The molecule has 0 saturated heterocycles. The fourth-order valence-electron chi connectivity index (χ4n) is 2.77. The van der Waals surface area contributed by atoms with Crippen LogP contribution in [0.5, 0.6) is 0 Å². The van der Waals surface area contributed by atoms with E-state index in [1.807, 2.05) is 6.07 Å². The number of carbonyl (C=O) groups excluding carboxylic acids is 3. The van der Waals surface area contributed by atoms with Crippen LogP contribution in [0.4, 0.5) is 4.79 Å². The molecule has 1 aromatic heterocycles. The highest BCUT2D eigenvalue weighted by Gasteiger charge is 2.34. The van der Waals surface area contributed by atoms with Crippen molar-refractivity contribution >= 4 is 18.0 Å². The summed E-state index contributed by atoms with van der Waals surface area (Å²) in [5.74, 6) is -1.42. The Kier molecular flexibility index (Phi) is 5.73. The van der Waals surface area contributed by atoms with Gasteiger partial charge in [-0.1, -0.05) is 35.5 Å². The smallest absolute Gasteiger partial charge is 0.377 e. The van der Waals surface area contributed by atoms with Crippen molar-refractivity contribution < 1.29 is 28.4 Å². The van der Waals surface area contributed by atoms with Crippen LogP contribution in [0.1, 0.15) is 34.6 Å². The molecule has 9 heteroatoms. The second-order valence-electron chi connectivity index (χ2n) is 5.97. The molecule has 0 aliphatic carbocycles. The van der Waals surface area contributed by atoms with Crippen LogP contribution < -0.4 is 10.6 Å². The molecule has 1 aliphatic rings. The molecule has 1 aromatic carbocycles. The minimum atomic E-state index is -0.755. The van der Waals surface area contributed by atoms with E-state index in [2.05, 4.69) is 15.8 Å². The maximum Gasteiger partial charge on any atom is 0.377 e. The molecule has 146 valence electrons. The van der Waals surface area contributed by atoms with Gasteiger partial charge in [0.05, 0.1) is 30.1 Å². The molecule has 9 nitrogen and oxygen atoms in total. The molecule has 0 radical (unpaired) electrons. The average molecular weight is 385 g/mol. The maximum absolute atomic E-state index is 12.6. The van der Waals surface area contributed by atoms with Crippen molar-refractivity contribution in [2.75, 3.05) is 13.2 Å². The lowest BCUT2D eigenvalue weighted by atomic mass is 9.95. The molecule has 2 amide bonds. The van der Waals surface area contributed by atoms with Crippen LogP contribution in [0.25, 0.3) is 0 Å². The first-order chi connectivity index (χ1) is 13.5. The summed E-state index contributed by atoms with van der Waals surface area (Å²) >= 11 is 0. The SMILES string of the molecule is CCOC(=O)C1=C(COC(=O)c2oncc2C)NC(=O)NC1c1ccccc1. The lowest BCUT2D eigenvalue weighted by Gasteiger charge is -2.29. The maximum atomic E-state index is 12.6. The Bertz CT molecular complexity index is 919. The number of hydrogen-bond acceptors (Lipinski definition) is 7. The summed E-state index contributed by atoms with van der Waals surface area (Å²) in [5.41, 5.74) is 1.51. The lowest BCUT2D eigenvalue weighted by molar-refractivity contribution is -0.139. The van der Waals surface area contributed by atoms with Gasteiger partial charge >= 0.3 is 18.0 Å². The van der Waals surface area contributed by atoms with Crippen molar-refractivity contribution in [2.45, 2.75) is 19.9 Å². The summed E-state index contributed by atoms with van der Waals surface area (Å²) in [6, 6.07) is 7.69. The van der Waals surface area contributed by atoms with Crippen molar-refractivity contribution in [2.24, 2.45) is 0 Å². The van der Waals surface area contributed by atoms with Gasteiger partial charge in [0.15, 0.2) is 0 Å². The zero-order chi connectivity index (χ0) is 20.1. The molecule has 1 atom stereocenters. The third kappa shape index (κ3) is 4.03. The van der Waals surface area contributed by atoms with Gasteiger partial charge in [-0.25, -0.2) is 14.4 Å². The van der Waals surface area contributed by atoms with Crippen LogP contribution >= 0.6 is 0 Å².